The first-order valence-corrected chi connectivity index (χ1v) is 8.73. The van der Waals surface area contributed by atoms with E-state index in [1.165, 1.54) is 6.08 Å². The van der Waals surface area contributed by atoms with E-state index in [0.717, 1.165) is 11.3 Å². The number of allylic oxidation sites excluding steroid dienone is 1. The van der Waals surface area contributed by atoms with E-state index in [4.69, 9.17) is 4.74 Å². The summed E-state index contributed by atoms with van der Waals surface area (Å²) in [7, 11) is 3.85. The SMILES string of the molecule is C=CCOC(=O)C1=C(C)Nc2[nH]c(=O)[nH]c(=O)c2[C@@H]1c1ccc(N(C)C)cc1. The van der Waals surface area contributed by atoms with E-state index in [1.54, 1.807) is 6.92 Å². The molecule has 2 heterocycles. The molecule has 0 spiro atoms. The van der Waals surface area contributed by atoms with Crippen LogP contribution in [0.5, 0.6) is 0 Å². The predicted molar refractivity (Wildman–Crippen MR) is 108 cm³/mol. The summed E-state index contributed by atoms with van der Waals surface area (Å²) in [6, 6.07) is 7.51. The summed E-state index contributed by atoms with van der Waals surface area (Å²) in [5, 5.41) is 2.95. The lowest BCUT2D eigenvalue weighted by atomic mass is 9.82. The minimum absolute atomic E-state index is 0.0523. The van der Waals surface area contributed by atoms with Gasteiger partial charge in [0.15, 0.2) is 0 Å². The van der Waals surface area contributed by atoms with E-state index in [1.807, 2.05) is 43.3 Å². The molecule has 146 valence electrons. The van der Waals surface area contributed by atoms with Crippen molar-refractivity contribution in [2.45, 2.75) is 12.8 Å². The molecule has 0 aliphatic carbocycles. The van der Waals surface area contributed by atoms with Gasteiger partial charge in [0.2, 0.25) is 0 Å². The third kappa shape index (κ3) is 3.48. The Morgan fingerprint density at radius 3 is 2.50 bits per heavy atom. The summed E-state index contributed by atoms with van der Waals surface area (Å²) in [4.78, 5) is 43.9. The van der Waals surface area contributed by atoms with Crippen molar-refractivity contribution in [1.82, 2.24) is 9.97 Å². The fourth-order valence-electron chi connectivity index (χ4n) is 3.27. The van der Waals surface area contributed by atoms with E-state index < -0.39 is 23.1 Å². The van der Waals surface area contributed by atoms with Crippen LogP contribution in [0, 0.1) is 0 Å². The van der Waals surface area contributed by atoms with Gasteiger partial charge in [0.25, 0.3) is 5.56 Å². The fourth-order valence-corrected chi connectivity index (χ4v) is 3.27. The topological polar surface area (TPSA) is 107 Å². The van der Waals surface area contributed by atoms with Gasteiger partial charge >= 0.3 is 11.7 Å². The molecule has 0 fully saturated rings. The van der Waals surface area contributed by atoms with Crippen LogP contribution in [0.15, 0.2) is 57.8 Å². The summed E-state index contributed by atoms with van der Waals surface area (Å²) < 4.78 is 5.25. The number of fused-ring (bicyclic) bond motifs is 1. The molecular formula is C20H22N4O4. The molecule has 1 aliphatic rings. The number of ether oxygens (including phenoxy) is 1. The third-order valence-corrected chi connectivity index (χ3v) is 4.57. The molecule has 1 aliphatic heterocycles. The first-order chi connectivity index (χ1) is 13.3. The van der Waals surface area contributed by atoms with Crippen molar-refractivity contribution in [3.05, 3.63) is 80.2 Å². The number of anilines is 2. The quantitative estimate of drug-likeness (QED) is 0.537. The van der Waals surface area contributed by atoms with Crippen molar-refractivity contribution < 1.29 is 9.53 Å². The fraction of sp³-hybridized carbons (Fsp3) is 0.250. The Labute approximate surface area is 161 Å². The van der Waals surface area contributed by atoms with Crippen LogP contribution >= 0.6 is 0 Å². The van der Waals surface area contributed by atoms with Crippen LogP contribution in [0.1, 0.15) is 24.0 Å². The molecule has 2 aromatic rings. The number of hydrogen-bond donors (Lipinski definition) is 3. The largest absolute Gasteiger partial charge is 0.458 e. The number of carbonyl (C=O) groups is 1. The van der Waals surface area contributed by atoms with E-state index in [-0.39, 0.29) is 18.0 Å². The van der Waals surface area contributed by atoms with Crippen LogP contribution < -0.4 is 21.5 Å². The standard InChI is InChI=1S/C20H22N4O4/c1-5-10-28-19(26)14-11(2)21-17-16(18(25)23-20(27)22-17)15(14)12-6-8-13(9-7-12)24(3)4/h5-9,15H,1,10H2,2-4H3,(H3,21,22,23,25,27)/t15-/m1/s1. The van der Waals surface area contributed by atoms with Crippen LogP contribution in [0.2, 0.25) is 0 Å². The lowest BCUT2D eigenvalue weighted by Crippen LogP contribution is -2.35. The molecular weight excluding hydrogens is 360 g/mol. The van der Waals surface area contributed by atoms with Gasteiger partial charge in [0, 0.05) is 25.5 Å². The van der Waals surface area contributed by atoms with Crippen LogP contribution in [-0.4, -0.2) is 36.6 Å². The van der Waals surface area contributed by atoms with Crippen LogP contribution in [0.4, 0.5) is 11.5 Å². The number of hydrogen-bond acceptors (Lipinski definition) is 6. The second-order valence-electron chi connectivity index (χ2n) is 6.67. The van der Waals surface area contributed by atoms with Crippen LogP contribution in [0.3, 0.4) is 0 Å². The first-order valence-electron chi connectivity index (χ1n) is 8.73. The van der Waals surface area contributed by atoms with Crippen molar-refractivity contribution in [3.8, 4) is 0 Å². The van der Waals surface area contributed by atoms with Gasteiger partial charge in [-0.15, -0.1) is 0 Å². The predicted octanol–water partition coefficient (Wildman–Crippen LogP) is 1.69. The monoisotopic (exact) mass is 382 g/mol. The highest BCUT2D eigenvalue weighted by Crippen LogP contribution is 2.39. The van der Waals surface area contributed by atoms with E-state index >= 15 is 0 Å². The highest BCUT2D eigenvalue weighted by atomic mass is 16.5. The summed E-state index contributed by atoms with van der Waals surface area (Å²) >= 11 is 0. The van der Waals surface area contributed by atoms with Gasteiger partial charge in [-0.3, -0.25) is 14.8 Å². The van der Waals surface area contributed by atoms with Crippen molar-refractivity contribution in [2.24, 2.45) is 0 Å². The lowest BCUT2D eigenvalue weighted by molar-refractivity contribution is -0.138. The minimum Gasteiger partial charge on any atom is -0.458 e. The molecule has 8 nitrogen and oxygen atoms in total. The Morgan fingerprint density at radius 2 is 1.89 bits per heavy atom. The average molecular weight is 382 g/mol. The van der Waals surface area contributed by atoms with Gasteiger partial charge in [-0.25, -0.2) is 9.59 Å². The molecule has 1 aromatic heterocycles. The minimum atomic E-state index is -0.689. The van der Waals surface area contributed by atoms with Gasteiger partial charge < -0.3 is 15.0 Å². The molecule has 0 unspecified atom stereocenters. The Morgan fingerprint density at radius 1 is 1.21 bits per heavy atom. The molecule has 0 amide bonds. The summed E-state index contributed by atoms with van der Waals surface area (Å²) in [5.74, 6) is -0.971. The molecule has 3 rings (SSSR count). The lowest BCUT2D eigenvalue weighted by Gasteiger charge is -2.29. The van der Waals surface area contributed by atoms with Crippen LogP contribution in [0.25, 0.3) is 0 Å². The highest BCUT2D eigenvalue weighted by molar-refractivity contribution is 5.94. The smallest absolute Gasteiger partial charge is 0.337 e. The second kappa shape index (κ2) is 7.59. The number of aromatic nitrogens is 2. The van der Waals surface area contributed by atoms with Crippen molar-refractivity contribution in [3.63, 3.8) is 0 Å². The zero-order chi connectivity index (χ0) is 20.4. The van der Waals surface area contributed by atoms with Crippen molar-refractivity contribution >= 4 is 17.5 Å². The molecule has 0 saturated heterocycles. The number of H-pyrrole nitrogens is 2. The number of benzene rings is 1. The van der Waals surface area contributed by atoms with Gasteiger partial charge in [0.1, 0.15) is 12.4 Å². The van der Waals surface area contributed by atoms with E-state index in [2.05, 4.69) is 21.9 Å². The van der Waals surface area contributed by atoms with E-state index in [0.29, 0.717) is 11.3 Å². The van der Waals surface area contributed by atoms with Gasteiger partial charge in [-0.1, -0.05) is 24.8 Å². The molecule has 1 atom stereocenters. The molecule has 1 aromatic carbocycles. The zero-order valence-corrected chi connectivity index (χ0v) is 16.0. The van der Waals surface area contributed by atoms with Crippen molar-refractivity contribution in [1.29, 1.82) is 0 Å². The van der Waals surface area contributed by atoms with Crippen molar-refractivity contribution in [2.75, 3.05) is 30.9 Å². The number of rotatable bonds is 5. The number of nitrogens with zero attached hydrogens (tertiary/aromatic N) is 1. The Hall–Kier alpha value is -3.55. The first kappa shape index (κ1) is 19.2. The number of esters is 1. The summed E-state index contributed by atoms with van der Waals surface area (Å²) in [6.45, 7) is 5.31. The summed E-state index contributed by atoms with van der Waals surface area (Å²) in [6.07, 6.45) is 1.48. The molecule has 8 heteroatoms. The highest BCUT2D eigenvalue weighted by Gasteiger charge is 2.35. The Kier molecular flexibility index (Phi) is 5.21. The number of carbonyl (C=O) groups excluding carboxylic acids is 1. The van der Waals surface area contributed by atoms with Crippen LogP contribution in [-0.2, 0) is 9.53 Å². The molecule has 0 radical (unpaired) electrons. The maximum atomic E-state index is 12.8. The zero-order valence-electron chi connectivity index (χ0n) is 16.0. The number of nitrogens with one attached hydrogen (secondary N) is 3. The van der Waals surface area contributed by atoms with Gasteiger partial charge in [-0.05, 0) is 24.6 Å². The third-order valence-electron chi connectivity index (χ3n) is 4.57. The number of aromatic amines is 2. The molecule has 0 saturated carbocycles. The summed E-state index contributed by atoms with van der Waals surface area (Å²) in [5.41, 5.74) is 1.60. The Balaban J connectivity index is 2.20. The second-order valence-corrected chi connectivity index (χ2v) is 6.67. The van der Waals surface area contributed by atoms with Gasteiger partial charge in [-0.2, -0.15) is 0 Å². The van der Waals surface area contributed by atoms with Gasteiger partial charge in [0.05, 0.1) is 17.1 Å². The molecule has 0 bridgehead atoms. The Bertz CT molecular complexity index is 1060. The molecule has 3 N–H and O–H groups in total. The maximum absolute atomic E-state index is 12.8. The van der Waals surface area contributed by atoms with E-state index in [9.17, 15) is 14.4 Å². The maximum Gasteiger partial charge on any atom is 0.337 e. The normalized spacial score (nSPS) is 15.5. The molecule has 28 heavy (non-hydrogen) atoms. The average Bonchev–Trinajstić information content (AvgIpc) is 2.64.